The van der Waals surface area contributed by atoms with Crippen LogP contribution in [-0.4, -0.2) is 0 Å². The summed E-state index contributed by atoms with van der Waals surface area (Å²) < 4.78 is 5.87. The predicted octanol–water partition coefficient (Wildman–Crippen LogP) is 4.85. The van der Waals surface area contributed by atoms with Crippen LogP contribution in [0.5, 0.6) is 0 Å². The normalized spacial score (nSPS) is 12.0. The molecule has 3 aromatic rings. The molecule has 0 aliphatic rings. The summed E-state index contributed by atoms with van der Waals surface area (Å²) in [5.41, 5.74) is 10.8. The molecule has 0 radical (unpaired) electrons. The van der Waals surface area contributed by atoms with E-state index in [1.54, 1.807) is 0 Å². The molecule has 0 saturated heterocycles. The van der Waals surface area contributed by atoms with Crippen LogP contribution in [0.4, 0.5) is 0 Å². The van der Waals surface area contributed by atoms with E-state index in [2.05, 4.69) is 12.1 Å². The first-order valence-electron chi connectivity index (χ1n) is 6.67. The average molecular weight is 263 g/mol. The molecule has 0 saturated carbocycles. The molecule has 3 rings (SSSR count). The number of furan rings is 1. The van der Waals surface area contributed by atoms with Gasteiger partial charge in [-0.05, 0) is 38.1 Å². The number of para-hydroxylation sites is 1. The lowest BCUT2D eigenvalue weighted by Gasteiger charge is -2.00. The van der Waals surface area contributed by atoms with Gasteiger partial charge in [-0.2, -0.15) is 0 Å². The molecule has 0 unspecified atom stereocenters. The average Bonchev–Trinajstić information content (AvgIpc) is 2.82. The maximum Gasteiger partial charge on any atom is 0.136 e. The zero-order valence-corrected chi connectivity index (χ0v) is 11.7. The van der Waals surface area contributed by atoms with Crippen molar-refractivity contribution < 1.29 is 4.42 Å². The number of benzene rings is 2. The topological polar surface area (TPSA) is 39.2 Å². The van der Waals surface area contributed by atoms with E-state index >= 15 is 0 Å². The summed E-state index contributed by atoms with van der Waals surface area (Å²) in [6.45, 7) is 4.10. The van der Waals surface area contributed by atoms with E-state index < -0.39 is 0 Å². The fourth-order valence-electron chi connectivity index (χ4n) is 2.26. The molecule has 0 aliphatic carbocycles. The van der Waals surface area contributed by atoms with Gasteiger partial charge >= 0.3 is 0 Å². The third-order valence-electron chi connectivity index (χ3n) is 3.31. The third-order valence-corrected chi connectivity index (χ3v) is 3.31. The lowest BCUT2D eigenvalue weighted by atomic mass is 10.1. The Labute approximate surface area is 118 Å². The molecule has 0 atom stereocenters. The van der Waals surface area contributed by atoms with Gasteiger partial charge in [0, 0.05) is 22.0 Å². The summed E-state index contributed by atoms with van der Waals surface area (Å²) in [5.74, 6) is 0. The molecule has 0 aliphatic heterocycles. The molecule has 0 spiro atoms. The fraction of sp³-hybridized carbons (Fsp3) is 0.111. The monoisotopic (exact) mass is 263 g/mol. The summed E-state index contributed by atoms with van der Waals surface area (Å²) in [4.78, 5) is 0. The van der Waals surface area contributed by atoms with Crippen molar-refractivity contribution in [3.05, 3.63) is 65.8 Å². The molecule has 2 nitrogen and oxygen atoms in total. The molecule has 0 amide bonds. The van der Waals surface area contributed by atoms with Gasteiger partial charge in [-0.3, -0.25) is 0 Å². The van der Waals surface area contributed by atoms with Crippen LogP contribution in [0.2, 0.25) is 0 Å². The first kappa shape index (κ1) is 12.5. The van der Waals surface area contributed by atoms with Crippen LogP contribution in [0.15, 0.2) is 64.6 Å². The van der Waals surface area contributed by atoms with Gasteiger partial charge < -0.3 is 10.2 Å². The zero-order chi connectivity index (χ0) is 14.1. The summed E-state index contributed by atoms with van der Waals surface area (Å²) in [7, 11) is 0. The Bertz CT molecular complexity index is 833. The second kappa shape index (κ2) is 4.89. The van der Waals surface area contributed by atoms with E-state index in [1.165, 1.54) is 5.57 Å². The van der Waals surface area contributed by atoms with Gasteiger partial charge in [-0.25, -0.2) is 0 Å². The van der Waals surface area contributed by atoms with E-state index in [9.17, 15) is 0 Å². The van der Waals surface area contributed by atoms with Crippen LogP contribution in [0.3, 0.4) is 0 Å². The van der Waals surface area contributed by atoms with Crippen LogP contribution in [0.1, 0.15) is 19.4 Å². The fourth-order valence-corrected chi connectivity index (χ4v) is 2.26. The maximum absolute atomic E-state index is 6.10. The quantitative estimate of drug-likeness (QED) is 0.671. The molecule has 2 N–H and O–H groups in total. The van der Waals surface area contributed by atoms with Gasteiger partial charge in [0.25, 0.3) is 0 Å². The third kappa shape index (κ3) is 2.21. The number of allylic oxidation sites excluding steroid dienone is 3. The van der Waals surface area contributed by atoms with E-state index in [0.717, 1.165) is 33.2 Å². The van der Waals surface area contributed by atoms with Gasteiger partial charge in [0.05, 0.1) is 0 Å². The molecule has 20 heavy (non-hydrogen) atoms. The van der Waals surface area contributed by atoms with E-state index in [4.69, 9.17) is 10.2 Å². The van der Waals surface area contributed by atoms with E-state index in [-0.39, 0.29) is 0 Å². The Balaban J connectivity index is 2.14. The minimum absolute atomic E-state index is 0.744. The minimum atomic E-state index is 0.744. The smallest absolute Gasteiger partial charge is 0.136 e. The highest BCUT2D eigenvalue weighted by Crippen LogP contribution is 2.29. The highest BCUT2D eigenvalue weighted by atomic mass is 16.3. The Hall–Kier alpha value is -2.48. The van der Waals surface area contributed by atoms with Gasteiger partial charge in [-0.1, -0.05) is 35.9 Å². The van der Waals surface area contributed by atoms with Crippen LogP contribution in [0, 0.1) is 0 Å². The van der Waals surface area contributed by atoms with Crippen molar-refractivity contribution in [1.82, 2.24) is 0 Å². The van der Waals surface area contributed by atoms with Gasteiger partial charge in [0.2, 0.25) is 0 Å². The summed E-state index contributed by atoms with van der Waals surface area (Å²) in [5, 5.41) is 2.26. The number of hydrogen-bond donors (Lipinski definition) is 1. The van der Waals surface area contributed by atoms with E-state index in [0.29, 0.717) is 0 Å². The Kier molecular flexibility index (Phi) is 3.07. The second-order valence-electron chi connectivity index (χ2n) is 5.18. The molecule has 2 heteroatoms. The molecule has 2 aromatic carbocycles. The first-order valence-corrected chi connectivity index (χ1v) is 6.67. The summed E-state index contributed by atoms with van der Waals surface area (Å²) in [6, 6.07) is 14.2. The number of hydrogen-bond acceptors (Lipinski definition) is 2. The van der Waals surface area contributed by atoms with Crippen molar-refractivity contribution in [2.24, 2.45) is 5.73 Å². The van der Waals surface area contributed by atoms with Crippen molar-refractivity contribution >= 4 is 27.6 Å². The van der Waals surface area contributed by atoms with Gasteiger partial charge in [0.1, 0.15) is 11.2 Å². The molecule has 0 fully saturated rings. The van der Waals surface area contributed by atoms with Crippen LogP contribution in [-0.2, 0) is 0 Å². The number of fused-ring (bicyclic) bond motifs is 3. The molecular weight excluding hydrogens is 246 g/mol. The summed E-state index contributed by atoms with van der Waals surface area (Å²) >= 11 is 0. The number of rotatable bonds is 2. The zero-order valence-electron chi connectivity index (χ0n) is 11.7. The van der Waals surface area contributed by atoms with Gasteiger partial charge in [0.15, 0.2) is 0 Å². The van der Waals surface area contributed by atoms with Crippen molar-refractivity contribution in [3.8, 4) is 0 Å². The Morgan fingerprint density at radius 2 is 1.70 bits per heavy atom. The van der Waals surface area contributed by atoms with Crippen molar-refractivity contribution in [1.29, 1.82) is 0 Å². The highest BCUT2D eigenvalue weighted by Gasteiger charge is 2.07. The minimum Gasteiger partial charge on any atom is -0.456 e. The van der Waals surface area contributed by atoms with Crippen LogP contribution >= 0.6 is 0 Å². The Morgan fingerprint density at radius 1 is 0.950 bits per heavy atom. The number of nitrogens with two attached hydrogens (primary N) is 1. The first-order chi connectivity index (χ1) is 9.65. The highest BCUT2D eigenvalue weighted by molar-refractivity contribution is 6.05. The summed E-state index contributed by atoms with van der Waals surface area (Å²) in [6.07, 6.45) is 3.94. The maximum atomic E-state index is 6.10. The van der Waals surface area contributed by atoms with Crippen molar-refractivity contribution in [2.45, 2.75) is 13.8 Å². The molecular formula is C18H17NO. The predicted molar refractivity (Wildman–Crippen MR) is 85.3 cm³/mol. The van der Waals surface area contributed by atoms with Gasteiger partial charge in [-0.15, -0.1) is 0 Å². The van der Waals surface area contributed by atoms with Crippen molar-refractivity contribution in [2.75, 3.05) is 0 Å². The lowest BCUT2D eigenvalue weighted by Crippen LogP contribution is -1.95. The largest absolute Gasteiger partial charge is 0.456 e. The van der Waals surface area contributed by atoms with Crippen LogP contribution in [0.25, 0.3) is 27.6 Å². The van der Waals surface area contributed by atoms with Crippen LogP contribution < -0.4 is 5.73 Å². The standard InChI is InChI=1S/C18H17NO/c1-12(2)7-10-16(19)13-8-9-15-14-5-3-4-6-17(14)20-18(15)11-13/h3-11H,19H2,1-2H3/b16-10-. The second-order valence-corrected chi connectivity index (χ2v) is 5.18. The molecule has 1 heterocycles. The SMILES string of the molecule is CC(C)=C/C=C(\N)c1ccc2c(c1)oc1ccccc12. The lowest BCUT2D eigenvalue weighted by molar-refractivity contribution is 0.669. The molecule has 100 valence electrons. The molecule has 0 bridgehead atoms. The molecule has 1 aromatic heterocycles. The Morgan fingerprint density at radius 3 is 2.50 bits per heavy atom. The van der Waals surface area contributed by atoms with Crippen molar-refractivity contribution in [3.63, 3.8) is 0 Å². The van der Waals surface area contributed by atoms with E-state index in [1.807, 2.05) is 56.3 Å².